The van der Waals surface area contributed by atoms with Gasteiger partial charge in [0.2, 0.25) is 5.91 Å². The summed E-state index contributed by atoms with van der Waals surface area (Å²) in [5.74, 6) is 1.34. The summed E-state index contributed by atoms with van der Waals surface area (Å²) in [4.78, 5) is 27.5. The number of nitrogens with zero attached hydrogens (tertiary/aromatic N) is 1. The van der Waals surface area contributed by atoms with E-state index in [4.69, 9.17) is 4.74 Å². The predicted molar refractivity (Wildman–Crippen MR) is 179 cm³/mol. The number of halogens is 1. The Morgan fingerprint density at radius 3 is 2.20 bits per heavy atom. The molecule has 0 saturated heterocycles. The number of carbonyl (C=O) groups is 2. The lowest BCUT2D eigenvalue weighted by molar-refractivity contribution is -0.115. The molecule has 0 radical (unpaired) electrons. The minimum Gasteiger partial charge on any atom is -0.493 e. The monoisotopic (exact) mass is 644 g/mol. The van der Waals surface area contributed by atoms with Gasteiger partial charge < -0.3 is 15.0 Å². The van der Waals surface area contributed by atoms with Crippen molar-refractivity contribution in [2.75, 3.05) is 17.8 Å². The molecule has 0 aromatic heterocycles. The highest BCUT2D eigenvalue weighted by atomic mass is 79.9. The normalized spacial score (nSPS) is 12.3. The number of amides is 1. The number of nitrogens with one attached hydrogen (secondary N) is 1. The summed E-state index contributed by atoms with van der Waals surface area (Å²) in [6, 6.07) is 13.5. The first-order valence-corrected chi connectivity index (χ1v) is 16.3. The van der Waals surface area contributed by atoms with E-state index in [2.05, 4.69) is 34.8 Å². The summed E-state index contributed by atoms with van der Waals surface area (Å²) >= 11 is 1.78. The van der Waals surface area contributed by atoms with Gasteiger partial charge in [0.25, 0.3) is 0 Å². The van der Waals surface area contributed by atoms with Crippen LogP contribution in [0, 0.1) is 0 Å². The van der Waals surface area contributed by atoms with Gasteiger partial charge in [-0.3, -0.25) is 9.59 Å². The van der Waals surface area contributed by atoms with Crippen LogP contribution >= 0.6 is 28.7 Å². The van der Waals surface area contributed by atoms with E-state index in [1.165, 1.54) is 64.2 Å². The fourth-order valence-corrected chi connectivity index (χ4v) is 5.77. The van der Waals surface area contributed by atoms with E-state index >= 15 is 0 Å². The molecule has 1 amide bonds. The molecule has 0 atom stereocenters. The Balaban J connectivity index is 0.00000588. The standard InChI is InChI=1S/C34H48N2O3S.BrH/c1-3-4-5-6-7-8-9-10-11-12-13-14-22-39-34-30(18-16-20-32(34)28(2)37)25-33(38)35-31-19-15-17-29(24-31)26-36-21-23-40-27-36;/h15-21,23-24H,3-14,22,25-27H2,1-2H3,(H,35,38);1H. The summed E-state index contributed by atoms with van der Waals surface area (Å²) in [5, 5.41) is 5.12. The van der Waals surface area contributed by atoms with E-state index in [0.29, 0.717) is 17.9 Å². The van der Waals surface area contributed by atoms with Gasteiger partial charge in [0.05, 0.1) is 24.5 Å². The van der Waals surface area contributed by atoms with Crippen molar-refractivity contribution in [2.45, 2.75) is 104 Å². The van der Waals surface area contributed by atoms with Gasteiger partial charge >= 0.3 is 0 Å². The zero-order valence-corrected chi connectivity index (χ0v) is 27.5. The van der Waals surface area contributed by atoms with Crippen LogP contribution in [-0.4, -0.2) is 29.1 Å². The molecular weight excluding hydrogens is 596 g/mol. The minimum absolute atomic E-state index is 0. The Morgan fingerprint density at radius 2 is 1.56 bits per heavy atom. The van der Waals surface area contributed by atoms with E-state index in [1.807, 2.05) is 30.3 Å². The van der Waals surface area contributed by atoms with Gasteiger partial charge in [-0.25, -0.2) is 0 Å². The summed E-state index contributed by atoms with van der Waals surface area (Å²) in [6.07, 6.45) is 17.7. The first-order valence-electron chi connectivity index (χ1n) is 15.2. The van der Waals surface area contributed by atoms with Gasteiger partial charge in [-0.2, -0.15) is 0 Å². The molecule has 2 aromatic carbocycles. The lowest BCUT2D eigenvalue weighted by Gasteiger charge is -2.16. The number of para-hydroxylation sites is 1. The maximum atomic E-state index is 13.0. The highest BCUT2D eigenvalue weighted by molar-refractivity contribution is 8.93. The first kappa shape index (κ1) is 34.9. The Morgan fingerprint density at radius 1 is 0.902 bits per heavy atom. The Kier molecular flexibility index (Phi) is 17.6. The van der Waals surface area contributed by atoms with Gasteiger partial charge in [0.1, 0.15) is 5.75 Å². The molecule has 0 saturated carbocycles. The number of ether oxygens (including phenoxy) is 1. The minimum atomic E-state index is -0.121. The van der Waals surface area contributed by atoms with Gasteiger partial charge in [0.15, 0.2) is 5.78 Å². The summed E-state index contributed by atoms with van der Waals surface area (Å²) in [5.41, 5.74) is 3.22. The summed E-state index contributed by atoms with van der Waals surface area (Å²) in [7, 11) is 0. The third kappa shape index (κ3) is 13.5. The average molecular weight is 646 g/mol. The van der Waals surface area contributed by atoms with Gasteiger partial charge in [0, 0.05) is 24.0 Å². The number of ketones is 1. The fraction of sp³-hybridized carbons (Fsp3) is 0.529. The van der Waals surface area contributed by atoms with E-state index in [0.717, 1.165) is 42.1 Å². The zero-order valence-electron chi connectivity index (χ0n) is 25.0. The predicted octanol–water partition coefficient (Wildman–Crippen LogP) is 9.71. The van der Waals surface area contributed by atoms with E-state index < -0.39 is 0 Å². The summed E-state index contributed by atoms with van der Waals surface area (Å²) in [6.45, 7) is 5.18. The molecule has 5 nitrogen and oxygen atoms in total. The summed E-state index contributed by atoms with van der Waals surface area (Å²) < 4.78 is 6.15. The molecule has 1 N–H and O–H groups in total. The quantitative estimate of drug-likeness (QED) is 0.115. The molecule has 41 heavy (non-hydrogen) atoms. The molecule has 2 aromatic rings. The first-order chi connectivity index (χ1) is 19.6. The number of benzene rings is 2. The Labute approximate surface area is 262 Å². The molecule has 0 spiro atoms. The number of unbranched alkanes of at least 4 members (excludes halogenated alkanes) is 11. The van der Waals surface area contributed by atoms with Crippen LogP contribution < -0.4 is 10.1 Å². The molecule has 1 heterocycles. The number of carbonyl (C=O) groups excluding carboxylic acids is 2. The van der Waals surface area contributed by atoms with E-state index in [9.17, 15) is 9.59 Å². The van der Waals surface area contributed by atoms with Crippen molar-refractivity contribution in [2.24, 2.45) is 0 Å². The zero-order chi connectivity index (χ0) is 28.4. The SMILES string of the molecule is Br.CCCCCCCCCCCCCCOc1c(CC(=O)Nc2cccc(CN3C=CSC3)c2)cccc1C(C)=O. The fourth-order valence-electron chi connectivity index (χ4n) is 5.06. The second kappa shape index (κ2) is 20.6. The van der Waals surface area contributed by atoms with Crippen molar-refractivity contribution in [3.63, 3.8) is 0 Å². The molecule has 7 heteroatoms. The van der Waals surface area contributed by atoms with Crippen LogP contribution in [0.1, 0.15) is 112 Å². The van der Waals surface area contributed by atoms with Crippen LogP contribution in [0.4, 0.5) is 5.69 Å². The van der Waals surface area contributed by atoms with Crippen molar-refractivity contribution >= 4 is 46.1 Å². The number of rotatable bonds is 20. The molecular formula is C34H49BrN2O3S. The van der Waals surface area contributed by atoms with Crippen molar-refractivity contribution in [3.05, 3.63) is 70.8 Å². The maximum Gasteiger partial charge on any atom is 0.228 e. The molecule has 1 aliphatic rings. The number of anilines is 1. The molecule has 0 aliphatic carbocycles. The lowest BCUT2D eigenvalue weighted by atomic mass is 10.0. The van der Waals surface area contributed by atoms with Gasteiger partial charge in [-0.1, -0.05) is 102 Å². The van der Waals surface area contributed by atoms with Crippen LogP contribution in [0.2, 0.25) is 0 Å². The molecule has 0 unspecified atom stereocenters. The number of Topliss-reactive ketones (excluding diaryl/α,β-unsaturated/α-hetero) is 1. The molecule has 0 bridgehead atoms. The maximum absolute atomic E-state index is 13.0. The molecule has 0 fully saturated rings. The largest absolute Gasteiger partial charge is 0.493 e. The Hall–Kier alpha value is -2.25. The number of thioether (sulfide) groups is 1. The van der Waals surface area contributed by atoms with Crippen LogP contribution in [0.15, 0.2) is 54.1 Å². The van der Waals surface area contributed by atoms with E-state index in [1.54, 1.807) is 24.8 Å². The van der Waals surface area contributed by atoms with Crippen LogP contribution in [0.25, 0.3) is 0 Å². The molecule has 1 aliphatic heterocycles. The second-order valence-corrected chi connectivity index (χ2v) is 11.7. The van der Waals surface area contributed by atoms with Crippen molar-refractivity contribution in [1.29, 1.82) is 0 Å². The highest BCUT2D eigenvalue weighted by Gasteiger charge is 2.16. The van der Waals surface area contributed by atoms with Crippen LogP contribution in [-0.2, 0) is 17.8 Å². The average Bonchev–Trinajstić information content (AvgIpc) is 3.45. The van der Waals surface area contributed by atoms with Crippen molar-refractivity contribution < 1.29 is 14.3 Å². The third-order valence-electron chi connectivity index (χ3n) is 7.28. The Bertz CT molecular complexity index is 1090. The smallest absolute Gasteiger partial charge is 0.228 e. The van der Waals surface area contributed by atoms with Crippen molar-refractivity contribution in [3.8, 4) is 5.75 Å². The van der Waals surface area contributed by atoms with E-state index in [-0.39, 0.29) is 35.1 Å². The van der Waals surface area contributed by atoms with Crippen molar-refractivity contribution in [1.82, 2.24) is 4.90 Å². The number of hydrogen-bond acceptors (Lipinski definition) is 5. The third-order valence-corrected chi connectivity index (χ3v) is 8.07. The van der Waals surface area contributed by atoms with Gasteiger partial charge in [-0.05, 0) is 42.5 Å². The highest BCUT2D eigenvalue weighted by Crippen LogP contribution is 2.27. The molecule has 226 valence electrons. The van der Waals surface area contributed by atoms with Gasteiger partial charge in [-0.15, -0.1) is 28.7 Å². The molecule has 3 rings (SSSR count). The van der Waals surface area contributed by atoms with Crippen LogP contribution in [0.5, 0.6) is 5.75 Å². The second-order valence-electron chi connectivity index (χ2n) is 10.8. The lowest BCUT2D eigenvalue weighted by Crippen LogP contribution is -2.17. The number of hydrogen-bond donors (Lipinski definition) is 1. The van der Waals surface area contributed by atoms with Crippen LogP contribution in [0.3, 0.4) is 0 Å². The topological polar surface area (TPSA) is 58.6 Å².